The molecule has 0 radical (unpaired) electrons. The maximum absolute atomic E-state index is 14.4. The van der Waals surface area contributed by atoms with Crippen molar-refractivity contribution in [1.82, 2.24) is 9.13 Å². The SMILES string of the molecule is CCOC(=O)C1=C(c2ccccc2)N=c2s/c(=C\c3cn(Cc4cccc(Cl)c4)c4ccccc34)c(=O)n2[C@H]1c1ccc(SC)cc1. The van der Waals surface area contributed by atoms with Gasteiger partial charge < -0.3 is 9.30 Å². The van der Waals surface area contributed by atoms with Crippen molar-refractivity contribution in [2.75, 3.05) is 12.9 Å². The number of esters is 1. The van der Waals surface area contributed by atoms with Crippen LogP contribution in [0.5, 0.6) is 0 Å². The zero-order chi connectivity index (χ0) is 32.5. The first-order valence-corrected chi connectivity index (χ1v) is 17.6. The van der Waals surface area contributed by atoms with E-state index in [0.29, 0.717) is 32.2 Å². The molecular formula is C38H30ClN3O3S2. The predicted octanol–water partition coefficient (Wildman–Crippen LogP) is 7.31. The number of thiazole rings is 1. The lowest BCUT2D eigenvalue weighted by atomic mass is 9.93. The molecule has 6 aromatic rings. The first kappa shape index (κ1) is 31.0. The Morgan fingerprint density at radius 3 is 2.51 bits per heavy atom. The fourth-order valence-electron chi connectivity index (χ4n) is 6.04. The zero-order valence-corrected chi connectivity index (χ0v) is 28.1. The lowest BCUT2D eigenvalue weighted by Crippen LogP contribution is -2.40. The van der Waals surface area contributed by atoms with Crippen LogP contribution < -0.4 is 14.9 Å². The van der Waals surface area contributed by atoms with E-state index in [1.54, 1.807) is 23.3 Å². The van der Waals surface area contributed by atoms with Crippen LogP contribution in [0.15, 0.2) is 130 Å². The Hall–Kier alpha value is -4.63. The number of benzene rings is 4. The third-order valence-electron chi connectivity index (χ3n) is 8.15. The summed E-state index contributed by atoms with van der Waals surface area (Å²) >= 11 is 9.24. The van der Waals surface area contributed by atoms with Crippen LogP contribution in [0.1, 0.15) is 35.2 Å². The quantitative estimate of drug-likeness (QED) is 0.125. The van der Waals surface area contributed by atoms with E-state index in [1.165, 1.54) is 11.3 Å². The molecule has 1 aliphatic heterocycles. The van der Waals surface area contributed by atoms with Gasteiger partial charge in [-0.15, -0.1) is 11.8 Å². The molecule has 1 atom stereocenters. The molecule has 0 bridgehead atoms. The van der Waals surface area contributed by atoms with Crippen LogP contribution >= 0.6 is 34.7 Å². The minimum atomic E-state index is -0.720. The molecule has 6 nitrogen and oxygen atoms in total. The van der Waals surface area contributed by atoms with Gasteiger partial charge in [-0.3, -0.25) is 9.36 Å². The number of nitrogens with zero attached hydrogens (tertiary/aromatic N) is 3. The summed E-state index contributed by atoms with van der Waals surface area (Å²) in [6, 6.07) is 32.8. The van der Waals surface area contributed by atoms with Crippen LogP contribution in [-0.2, 0) is 16.1 Å². The first-order chi connectivity index (χ1) is 22.9. The highest BCUT2D eigenvalue weighted by atomic mass is 35.5. The van der Waals surface area contributed by atoms with E-state index >= 15 is 0 Å². The molecule has 0 N–H and O–H groups in total. The van der Waals surface area contributed by atoms with Crippen molar-refractivity contribution in [2.45, 2.75) is 24.4 Å². The van der Waals surface area contributed by atoms with Crippen molar-refractivity contribution >= 4 is 63.3 Å². The Labute approximate surface area is 284 Å². The Morgan fingerprint density at radius 2 is 1.77 bits per heavy atom. The van der Waals surface area contributed by atoms with Crippen molar-refractivity contribution in [3.63, 3.8) is 0 Å². The number of hydrogen-bond acceptors (Lipinski definition) is 6. The summed E-state index contributed by atoms with van der Waals surface area (Å²) < 4.78 is 9.95. The maximum Gasteiger partial charge on any atom is 0.338 e. The van der Waals surface area contributed by atoms with Gasteiger partial charge >= 0.3 is 5.97 Å². The number of aromatic nitrogens is 2. The number of halogens is 1. The second-order valence-corrected chi connectivity index (χ2v) is 13.4. The molecule has 0 fully saturated rings. The molecule has 0 saturated carbocycles. The third-order valence-corrected chi connectivity index (χ3v) is 10.1. The van der Waals surface area contributed by atoms with Gasteiger partial charge in [-0.05, 0) is 60.7 Å². The largest absolute Gasteiger partial charge is 0.463 e. The van der Waals surface area contributed by atoms with Gasteiger partial charge in [-0.1, -0.05) is 95.7 Å². The fraction of sp³-hybridized carbons (Fsp3) is 0.132. The minimum Gasteiger partial charge on any atom is -0.463 e. The van der Waals surface area contributed by atoms with Gasteiger partial charge in [0, 0.05) is 44.7 Å². The number of thioether (sulfide) groups is 1. The molecule has 0 unspecified atom stereocenters. The number of ether oxygens (including phenoxy) is 1. The molecule has 2 aromatic heterocycles. The highest BCUT2D eigenvalue weighted by Gasteiger charge is 2.35. The molecule has 0 amide bonds. The molecule has 47 heavy (non-hydrogen) atoms. The van der Waals surface area contributed by atoms with Crippen LogP contribution in [-0.4, -0.2) is 28.0 Å². The highest BCUT2D eigenvalue weighted by molar-refractivity contribution is 7.98. The normalized spacial score (nSPS) is 14.7. The van der Waals surface area contributed by atoms with Gasteiger partial charge in [0.1, 0.15) is 0 Å². The monoisotopic (exact) mass is 675 g/mol. The Balaban J connectivity index is 1.44. The molecule has 4 aromatic carbocycles. The van der Waals surface area contributed by atoms with E-state index in [9.17, 15) is 9.59 Å². The van der Waals surface area contributed by atoms with E-state index < -0.39 is 12.0 Å². The number of rotatable bonds is 8. The standard InChI is InChI=1S/C38H30ClN3O3S2/c1-3-45-37(44)33-34(25-11-5-4-6-12-25)40-38-42(35(33)26-16-18-29(46-2)19-17-26)36(43)32(47-38)21-27-23-41(31-15-8-7-14-30(27)31)22-24-10-9-13-28(39)20-24/h4-21,23,35H,3,22H2,1-2H3/b32-21-/t35-/m0/s1. The van der Waals surface area contributed by atoms with E-state index in [2.05, 4.69) is 29.0 Å². The maximum atomic E-state index is 14.4. The second kappa shape index (κ2) is 13.2. The van der Waals surface area contributed by atoms with Gasteiger partial charge in [0.15, 0.2) is 4.80 Å². The van der Waals surface area contributed by atoms with Crippen LogP contribution in [0.2, 0.25) is 5.02 Å². The molecular weight excluding hydrogens is 646 g/mol. The fourth-order valence-corrected chi connectivity index (χ4v) is 7.65. The summed E-state index contributed by atoms with van der Waals surface area (Å²) in [7, 11) is 0. The number of hydrogen-bond donors (Lipinski definition) is 0. The Morgan fingerprint density at radius 1 is 1.00 bits per heavy atom. The number of carbonyl (C=O) groups is 1. The van der Waals surface area contributed by atoms with Crippen LogP contribution in [0, 0.1) is 0 Å². The summed E-state index contributed by atoms with van der Waals surface area (Å²) in [4.78, 5) is 34.8. The van der Waals surface area contributed by atoms with Crippen molar-refractivity contribution in [1.29, 1.82) is 0 Å². The van der Waals surface area contributed by atoms with Gasteiger partial charge in [-0.25, -0.2) is 9.79 Å². The second-order valence-electron chi connectivity index (χ2n) is 11.1. The smallest absolute Gasteiger partial charge is 0.338 e. The van der Waals surface area contributed by atoms with Crippen LogP contribution in [0.25, 0.3) is 22.7 Å². The molecule has 3 heterocycles. The number of para-hydroxylation sites is 1. The third kappa shape index (κ3) is 6.00. The van der Waals surface area contributed by atoms with E-state index in [1.807, 2.05) is 97.3 Å². The molecule has 7 rings (SSSR count). The van der Waals surface area contributed by atoms with Crippen LogP contribution in [0.4, 0.5) is 0 Å². The summed E-state index contributed by atoms with van der Waals surface area (Å²) in [5.41, 5.74) is 5.27. The Bertz CT molecular complexity index is 2340. The van der Waals surface area contributed by atoms with Crippen molar-refractivity contribution in [3.05, 3.63) is 162 Å². The van der Waals surface area contributed by atoms with Crippen molar-refractivity contribution in [2.24, 2.45) is 4.99 Å². The molecule has 0 aliphatic carbocycles. The summed E-state index contributed by atoms with van der Waals surface area (Å²) in [5.74, 6) is -0.493. The van der Waals surface area contributed by atoms with E-state index in [4.69, 9.17) is 21.3 Å². The lowest BCUT2D eigenvalue weighted by Gasteiger charge is -2.26. The predicted molar refractivity (Wildman–Crippen MR) is 192 cm³/mol. The van der Waals surface area contributed by atoms with Crippen LogP contribution in [0.3, 0.4) is 0 Å². The molecule has 0 spiro atoms. The Kier molecular flexibility index (Phi) is 8.73. The average molecular weight is 676 g/mol. The number of carbonyl (C=O) groups excluding carboxylic acids is 1. The van der Waals surface area contributed by atoms with Gasteiger partial charge in [0.25, 0.3) is 5.56 Å². The van der Waals surface area contributed by atoms with Gasteiger partial charge in [0.2, 0.25) is 0 Å². The summed E-state index contributed by atoms with van der Waals surface area (Å²) in [5, 5.41) is 1.72. The van der Waals surface area contributed by atoms with Crippen molar-refractivity contribution < 1.29 is 9.53 Å². The number of fused-ring (bicyclic) bond motifs is 2. The summed E-state index contributed by atoms with van der Waals surface area (Å²) in [6.45, 7) is 2.61. The topological polar surface area (TPSA) is 65.6 Å². The molecule has 9 heteroatoms. The molecule has 234 valence electrons. The highest BCUT2D eigenvalue weighted by Crippen LogP contribution is 2.36. The van der Waals surface area contributed by atoms with E-state index in [0.717, 1.165) is 38.1 Å². The van der Waals surface area contributed by atoms with Gasteiger partial charge in [-0.2, -0.15) is 0 Å². The zero-order valence-electron chi connectivity index (χ0n) is 25.7. The molecule has 1 aliphatic rings. The first-order valence-electron chi connectivity index (χ1n) is 15.2. The van der Waals surface area contributed by atoms with Gasteiger partial charge in [0.05, 0.1) is 28.5 Å². The minimum absolute atomic E-state index is 0.201. The lowest BCUT2D eigenvalue weighted by molar-refractivity contribution is -0.138. The van der Waals surface area contributed by atoms with Crippen molar-refractivity contribution in [3.8, 4) is 0 Å². The molecule has 0 saturated heterocycles. The average Bonchev–Trinajstić information content (AvgIpc) is 3.60. The van der Waals surface area contributed by atoms with E-state index in [-0.39, 0.29) is 12.2 Å². The summed E-state index contributed by atoms with van der Waals surface area (Å²) in [6.07, 6.45) is 6.02.